The number of aromatic nitrogens is 3. The molecule has 4 nitrogen and oxygen atoms in total. The number of benzene rings is 3. The zero-order valence-electron chi connectivity index (χ0n) is 20.4. The summed E-state index contributed by atoms with van der Waals surface area (Å²) in [5.74, 6) is -0.170. The molecule has 0 amide bonds. The van der Waals surface area contributed by atoms with E-state index >= 15 is 0 Å². The number of alkyl halides is 6. The topological polar surface area (TPSA) is 42.7 Å². The standard InChI is InChI=1S/C29H22F6N4/c30-28(31,32)20-7-8-24(29(33,34)35)23(16-20)26-38-25-22(19-6-5-17-3-1-2-4-18(17)15-19)11-14-37-27(25)39(26)21-9-12-36-13-10-21/h1-8,11,14-16,21,36H,9-10,12-13H2. The monoisotopic (exact) mass is 540 g/mol. The van der Waals surface area contributed by atoms with Gasteiger partial charge in [0.1, 0.15) is 11.3 Å². The molecule has 1 aliphatic heterocycles. The van der Waals surface area contributed by atoms with Gasteiger partial charge in [-0.1, -0.05) is 36.4 Å². The Kier molecular flexibility index (Phi) is 6.10. The number of fused-ring (bicyclic) bond motifs is 2. The van der Waals surface area contributed by atoms with E-state index in [1.165, 1.54) is 0 Å². The predicted molar refractivity (Wildman–Crippen MR) is 137 cm³/mol. The number of piperidine rings is 1. The fraction of sp³-hybridized carbons (Fsp3) is 0.241. The quantitative estimate of drug-likeness (QED) is 0.237. The van der Waals surface area contributed by atoms with Crippen LogP contribution in [0.5, 0.6) is 0 Å². The van der Waals surface area contributed by atoms with Gasteiger partial charge in [0.25, 0.3) is 0 Å². The minimum Gasteiger partial charge on any atom is -0.317 e. The van der Waals surface area contributed by atoms with E-state index in [4.69, 9.17) is 0 Å². The van der Waals surface area contributed by atoms with Gasteiger partial charge >= 0.3 is 12.4 Å². The van der Waals surface area contributed by atoms with Gasteiger partial charge in [-0.25, -0.2) is 9.97 Å². The van der Waals surface area contributed by atoms with E-state index in [1.807, 2.05) is 42.5 Å². The maximum atomic E-state index is 14.1. The van der Waals surface area contributed by atoms with Gasteiger partial charge in [0.2, 0.25) is 0 Å². The van der Waals surface area contributed by atoms with E-state index in [-0.39, 0.29) is 11.9 Å². The van der Waals surface area contributed by atoms with Gasteiger partial charge in [-0.2, -0.15) is 26.3 Å². The van der Waals surface area contributed by atoms with Crippen molar-refractivity contribution in [2.24, 2.45) is 0 Å². The molecule has 5 aromatic rings. The highest BCUT2D eigenvalue weighted by Crippen LogP contribution is 2.43. The van der Waals surface area contributed by atoms with Gasteiger partial charge in [-0.3, -0.25) is 0 Å². The van der Waals surface area contributed by atoms with Crippen molar-refractivity contribution in [3.05, 3.63) is 84.1 Å². The highest BCUT2D eigenvalue weighted by molar-refractivity contribution is 5.96. The minimum atomic E-state index is -4.88. The Labute approximate surface area is 219 Å². The third kappa shape index (κ3) is 4.63. The van der Waals surface area contributed by atoms with E-state index in [0.717, 1.165) is 16.3 Å². The Hall–Kier alpha value is -3.92. The van der Waals surface area contributed by atoms with Crippen LogP contribution in [0.15, 0.2) is 72.9 Å². The maximum absolute atomic E-state index is 14.1. The molecule has 0 unspecified atom stereocenters. The average molecular weight is 541 g/mol. The number of nitrogens with one attached hydrogen (secondary N) is 1. The molecule has 0 atom stereocenters. The van der Waals surface area contributed by atoms with Crippen LogP contribution in [0.4, 0.5) is 26.3 Å². The van der Waals surface area contributed by atoms with Crippen molar-refractivity contribution >= 4 is 21.9 Å². The second-order valence-corrected chi connectivity index (χ2v) is 9.64. The van der Waals surface area contributed by atoms with Crippen LogP contribution in [0.1, 0.15) is 30.0 Å². The number of hydrogen-bond donors (Lipinski definition) is 1. The Bertz CT molecular complexity index is 1680. The highest BCUT2D eigenvalue weighted by Gasteiger charge is 2.39. The highest BCUT2D eigenvalue weighted by atomic mass is 19.4. The van der Waals surface area contributed by atoms with Crippen LogP contribution >= 0.6 is 0 Å². The van der Waals surface area contributed by atoms with Crippen LogP contribution in [0, 0.1) is 0 Å². The summed E-state index contributed by atoms with van der Waals surface area (Å²) in [6.45, 7) is 1.23. The zero-order chi connectivity index (χ0) is 27.4. The molecule has 0 spiro atoms. The molecule has 3 aromatic carbocycles. The number of pyridine rings is 1. The Morgan fingerprint density at radius 2 is 1.51 bits per heavy atom. The third-order valence-electron chi connectivity index (χ3n) is 7.21. The maximum Gasteiger partial charge on any atom is 0.417 e. The molecule has 1 fully saturated rings. The number of imidazole rings is 1. The van der Waals surface area contributed by atoms with Gasteiger partial charge in [0.05, 0.1) is 11.1 Å². The molecule has 3 heterocycles. The molecule has 1 saturated heterocycles. The fourth-order valence-corrected chi connectivity index (χ4v) is 5.33. The van der Waals surface area contributed by atoms with Gasteiger partial charge < -0.3 is 9.88 Å². The molecular formula is C29H22F6N4. The summed E-state index contributed by atoms with van der Waals surface area (Å²) < 4.78 is 85.0. The summed E-state index contributed by atoms with van der Waals surface area (Å²) in [7, 11) is 0. The lowest BCUT2D eigenvalue weighted by Gasteiger charge is -2.26. The summed E-state index contributed by atoms with van der Waals surface area (Å²) >= 11 is 0. The minimum absolute atomic E-state index is 0.170. The summed E-state index contributed by atoms with van der Waals surface area (Å²) in [4.78, 5) is 9.12. The lowest BCUT2D eigenvalue weighted by molar-refractivity contribution is -0.141. The largest absolute Gasteiger partial charge is 0.417 e. The summed E-state index contributed by atoms with van der Waals surface area (Å²) in [6.07, 6.45) is -7.00. The fourth-order valence-electron chi connectivity index (χ4n) is 5.33. The number of halogens is 6. The van der Waals surface area contributed by atoms with Crippen molar-refractivity contribution in [2.75, 3.05) is 13.1 Å². The number of nitrogens with zero attached hydrogens (tertiary/aromatic N) is 3. The van der Waals surface area contributed by atoms with Crippen molar-refractivity contribution in [1.29, 1.82) is 0 Å². The van der Waals surface area contributed by atoms with Gasteiger partial charge in [-0.05, 0) is 72.6 Å². The van der Waals surface area contributed by atoms with Gasteiger partial charge in [0.15, 0.2) is 5.65 Å². The lowest BCUT2D eigenvalue weighted by Crippen LogP contribution is -2.30. The first kappa shape index (κ1) is 25.4. The van der Waals surface area contributed by atoms with Crippen molar-refractivity contribution in [3.63, 3.8) is 0 Å². The summed E-state index contributed by atoms with van der Waals surface area (Å²) in [5.41, 5.74) is -0.855. The van der Waals surface area contributed by atoms with Gasteiger partial charge in [-0.15, -0.1) is 0 Å². The smallest absolute Gasteiger partial charge is 0.317 e. The van der Waals surface area contributed by atoms with Crippen molar-refractivity contribution in [1.82, 2.24) is 19.9 Å². The SMILES string of the molecule is FC(F)(F)c1ccc(C(F)(F)F)c(-c2nc3c(-c4ccc5ccccc5c4)ccnc3n2C2CCNCC2)c1. The molecule has 0 saturated carbocycles. The molecule has 1 N–H and O–H groups in total. The van der Waals surface area contributed by atoms with Crippen LogP contribution in [0.2, 0.25) is 0 Å². The first-order valence-electron chi connectivity index (χ1n) is 12.5. The Morgan fingerprint density at radius 3 is 2.23 bits per heavy atom. The lowest BCUT2D eigenvalue weighted by atomic mass is 10.0. The first-order chi connectivity index (χ1) is 18.6. The summed E-state index contributed by atoms with van der Waals surface area (Å²) in [5, 5.41) is 5.21. The van der Waals surface area contributed by atoms with Crippen LogP contribution in [0.3, 0.4) is 0 Å². The third-order valence-corrected chi connectivity index (χ3v) is 7.21. The van der Waals surface area contributed by atoms with Crippen LogP contribution < -0.4 is 5.32 Å². The predicted octanol–water partition coefficient (Wildman–Crippen LogP) is 7.88. The zero-order valence-corrected chi connectivity index (χ0v) is 20.4. The van der Waals surface area contributed by atoms with Crippen LogP contribution in [-0.4, -0.2) is 27.6 Å². The van der Waals surface area contributed by atoms with E-state index in [9.17, 15) is 26.3 Å². The van der Waals surface area contributed by atoms with E-state index < -0.39 is 29.0 Å². The Balaban J connectivity index is 1.65. The van der Waals surface area contributed by atoms with E-state index in [0.29, 0.717) is 60.9 Å². The van der Waals surface area contributed by atoms with E-state index in [1.54, 1.807) is 16.8 Å². The second-order valence-electron chi connectivity index (χ2n) is 9.64. The second kappa shape index (κ2) is 9.37. The molecule has 2 aromatic heterocycles. The van der Waals surface area contributed by atoms with Crippen LogP contribution in [-0.2, 0) is 12.4 Å². The van der Waals surface area contributed by atoms with Crippen molar-refractivity contribution < 1.29 is 26.3 Å². The first-order valence-corrected chi connectivity index (χ1v) is 12.5. The van der Waals surface area contributed by atoms with Gasteiger partial charge in [0, 0.05) is 23.4 Å². The Morgan fingerprint density at radius 1 is 0.769 bits per heavy atom. The molecule has 1 aliphatic rings. The molecule has 0 aliphatic carbocycles. The molecule has 0 bridgehead atoms. The van der Waals surface area contributed by atoms with E-state index in [2.05, 4.69) is 15.3 Å². The number of hydrogen-bond acceptors (Lipinski definition) is 3. The van der Waals surface area contributed by atoms with Crippen molar-refractivity contribution in [2.45, 2.75) is 31.2 Å². The van der Waals surface area contributed by atoms with Crippen molar-refractivity contribution in [3.8, 4) is 22.5 Å². The van der Waals surface area contributed by atoms with Crippen LogP contribution in [0.25, 0.3) is 44.5 Å². The molecular weight excluding hydrogens is 518 g/mol. The molecule has 39 heavy (non-hydrogen) atoms. The number of rotatable bonds is 3. The molecule has 200 valence electrons. The molecule has 0 radical (unpaired) electrons. The molecule has 10 heteroatoms. The normalized spacial score (nSPS) is 15.3. The summed E-state index contributed by atoms with van der Waals surface area (Å²) in [6, 6.07) is 16.5. The molecule has 6 rings (SSSR count). The average Bonchev–Trinajstić information content (AvgIpc) is 3.32.